The highest BCUT2D eigenvalue weighted by Gasteiger charge is 2.25. The van der Waals surface area contributed by atoms with Gasteiger partial charge in [-0.1, -0.05) is 19.3 Å². The molecular formula is C11H18F2N2O. The van der Waals surface area contributed by atoms with E-state index in [1.54, 1.807) is 0 Å². The van der Waals surface area contributed by atoms with E-state index in [0.29, 0.717) is 0 Å². The highest BCUT2D eigenvalue weighted by Crippen LogP contribution is 2.22. The summed E-state index contributed by atoms with van der Waals surface area (Å²) >= 11 is 0. The van der Waals surface area contributed by atoms with Gasteiger partial charge in [0.25, 0.3) is 6.43 Å². The van der Waals surface area contributed by atoms with Crippen molar-refractivity contribution in [3.05, 3.63) is 0 Å². The first-order valence-corrected chi connectivity index (χ1v) is 5.74. The number of aliphatic hydroxyl groups is 1. The summed E-state index contributed by atoms with van der Waals surface area (Å²) < 4.78 is 24.2. The molecule has 5 heteroatoms. The summed E-state index contributed by atoms with van der Waals surface area (Å²) in [4.78, 5) is 0. The van der Waals surface area contributed by atoms with Crippen LogP contribution in [-0.2, 0) is 0 Å². The lowest BCUT2D eigenvalue weighted by molar-refractivity contribution is -0.00531. The lowest BCUT2D eigenvalue weighted by Crippen LogP contribution is -2.41. The van der Waals surface area contributed by atoms with E-state index in [0.717, 1.165) is 32.1 Å². The monoisotopic (exact) mass is 232 g/mol. The molecule has 0 radical (unpaired) electrons. The number of alkyl halides is 2. The van der Waals surface area contributed by atoms with E-state index in [-0.39, 0.29) is 18.5 Å². The predicted octanol–water partition coefficient (Wildman–Crippen LogP) is 1.67. The van der Waals surface area contributed by atoms with Gasteiger partial charge in [0.15, 0.2) is 0 Å². The molecule has 1 fully saturated rings. The van der Waals surface area contributed by atoms with Crippen LogP contribution >= 0.6 is 0 Å². The van der Waals surface area contributed by atoms with Crippen LogP contribution in [0, 0.1) is 17.2 Å². The Morgan fingerprint density at radius 2 is 2.00 bits per heavy atom. The van der Waals surface area contributed by atoms with Gasteiger partial charge in [-0.2, -0.15) is 5.26 Å². The second-order valence-electron chi connectivity index (χ2n) is 4.29. The van der Waals surface area contributed by atoms with Gasteiger partial charge in [0, 0.05) is 12.6 Å². The van der Waals surface area contributed by atoms with Crippen LogP contribution in [0.1, 0.15) is 32.1 Å². The van der Waals surface area contributed by atoms with Gasteiger partial charge in [-0.25, -0.2) is 8.78 Å². The molecule has 0 amide bonds. The van der Waals surface area contributed by atoms with Gasteiger partial charge in [0.2, 0.25) is 0 Å². The minimum absolute atomic E-state index is 0.0547. The Morgan fingerprint density at radius 3 is 2.62 bits per heavy atom. The van der Waals surface area contributed by atoms with Crippen LogP contribution in [0.4, 0.5) is 8.78 Å². The number of nitriles is 1. The van der Waals surface area contributed by atoms with Crippen molar-refractivity contribution in [3.8, 4) is 6.07 Å². The molecule has 1 aliphatic carbocycles. The van der Waals surface area contributed by atoms with Crippen molar-refractivity contribution in [1.82, 2.24) is 5.32 Å². The van der Waals surface area contributed by atoms with Gasteiger partial charge < -0.3 is 10.4 Å². The van der Waals surface area contributed by atoms with Crippen LogP contribution < -0.4 is 5.32 Å². The maximum atomic E-state index is 12.1. The van der Waals surface area contributed by atoms with E-state index in [1.807, 2.05) is 0 Å². The van der Waals surface area contributed by atoms with Crippen LogP contribution in [-0.4, -0.2) is 30.2 Å². The molecular weight excluding hydrogens is 214 g/mol. The molecule has 0 spiro atoms. The third-order valence-electron chi connectivity index (χ3n) is 3.06. The standard InChI is InChI=1S/C11H18F2N2O/c12-11(13)10(16)7-15-9-5-3-1-2-4-8(9)6-14/h8-11,15-16H,1-5,7H2. The summed E-state index contributed by atoms with van der Waals surface area (Å²) in [5.74, 6) is -0.118. The molecule has 1 aliphatic rings. The summed E-state index contributed by atoms with van der Waals surface area (Å²) in [6.07, 6.45) is 0.413. The number of hydrogen-bond acceptors (Lipinski definition) is 3. The molecule has 1 rings (SSSR count). The van der Waals surface area contributed by atoms with E-state index < -0.39 is 12.5 Å². The third kappa shape index (κ3) is 4.03. The molecule has 3 unspecified atom stereocenters. The number of hydrogen-bond donors (Lipinski definition) is 2. The normalized spacial score (nSPS) is 28.4. The molecule has 0 aromatic heterocycles. The zero-order valence-electron chi connectivity index (χ0n) is 9.20. The number of nitrogens with zero attached hydrogens (tertiary/aromatic N) is 1. The second kappa shape index (κ2) is 6.77. The van der Waals surface area contributed by atoms with Gasteiger partial charge in [-0.3, -0.25) is 0 Å². The van der Waals surface area contributed by atoms with Crippen molar-refractivity contribution < 1.29 is 13.9 Å². The largest absolute Gasteiger partial charge is 0.386 e. The maximum Gasteiger partial charge on any atom is 0.265 e. The van der Waals surface area contributed by atoms with Gasteiger partial charge in [0.05, 0.1) is 12.0 Å². The molecule has 0 saturated heterocycles. The fourth-order valence-corrected chi connectivity index (χ4v) is 2.07. The molecule has 0 aromatic carbocycles. The topological polar surface area (TPSA) is 56.0 Å². The minimum Gasteiger partial charge on any atom is -0.386 e. The second-order valence-corrected chi connectivity index (χ2v) is 4.29. The molecule has 92 valence electrons. The van der Waals surface area contributed by atoms with Crippen LogP contribution in [0.3, 0.4) is 0 Å². The molecule has 0 heterocycles. The Morgan fingerprint density at radius 1 is 1.31 bits per heavy atom. The van der Waals surface area contributed by atoms with Crippen molar-refractivity contribution in [2.75, 3.05) is 6.54 Å². The molecule has 3 atom stereocenters. The van der Waals surface area contributed by atoms with Crippen molar-refractivity contribution in [2.45, 2.75) is 50.7 Å². The summed E-state index contributed by atoms with van der Waals surface area (Å²) in [7, 11) is 0. The first-order valence-electron chi connectivity index (χ1n) is 5.74. The van der Waals surface area contributed by atoms with Gasteiger partial charge >= 0.3 is 0 Å². The van der Waals surface area contributed by atoms with E-state index >= 15 is 0 Å². The van der Waals surface area contributed by atoms with Crippen molar-refractivity contribution in [1.29, 1.82) is 5.26 Å². The quantitative estimate of drug-likeness (QED) is 0.725. The van der Waals surface area contributed by atoms with Crippen molar-refractivity contribution >= 4 is 0 Å². The first kappa shape index (κ1) is 13.3. The number of rotatable bonds is 4. The maximum absolute atomic E-state index is 12.1. The number of aliphatic hydroxyl groups excluding tert-OH is 1. The number of nitrogens with one attached hydrogen (secondary N) is 1. The molecule has 16 heavy (non-hydrogen) atoms. The Labute approximate surface area is 94.5 Å². The van der Waals surface area contributed by atoms with Crippen LogP contribution in [0.5, 0.6) is 0 Å². The van der Waals surface area contributed by atoms with Gasteiger partial charge in [-0.15, -0.1) is 0 Å². The van der Waals surface area contributed by atoms with E-state index in [4.69, 9.17) is 10.4 Å². The van der Waals surface area contributed by atoms with Gasteiger partial charge in [0.1, 0.15) is 6.10 Å². The summed E-state index contributed by atoms with van der Waals surface area (Å²) in [5.41, 5.74) is 0. The summed E-state index contributed by atoms with van der Waals surface area (Å²) in [6, 6.07) is 2.16. The fraction of sp³-hybridized carbons (Fsp3) is 0.909. The predicted molar refractivity (Wildman–Crippen MR) is 56.0 cm³/mol. The Hall–Kier alpha value is -0.730. The van der Waals surface area contributed by atoms with E-state index in [1.165, 1.54) is 0 Å². The van der Waals surface area contributed by atoms with Crippen LogP contribution in [0.25, 0.3) is 0 Å². The SMILES string of the molecule is N#CC1CCCCCC1NCC(O)C(F)F. The lowest BCUT2D eigenvalue weighted by atomic mass is 9.96. The highest BCUT2D eigenvalue weighted by atomic mass is 19.3. The third-order valence-corrected chi connectivity index (χ3v) is 3.06. The molecule has 3 nitrogen and oxygen atoms in total. The average Bonchev–Trinajstić information content (AvgIpc) is 2.50. The summed E-state index contributed by atoms with van der Waals surface area (Å²) in [5, 5.41) is 20.8. The Balaban J connectivity index is 2.40. The highest BCUT2D eigenvalue weighted by molar-refractivity contribution is 4.93. The minimum atomic E-state index is -2.72. The zero-order chi connectivity index (χ0) is 12.0. The first-order chi connectivity index (χ1) is 7.65. The van der Waals surface area contributed by atoms with Crippen molar-refractivity contribution in [3.63, 3.8) is 0 Å². The molecule has 0 aliphatic heterocycles. The van der Waals surface area contributed by atoms with E-state index in [9.17, 15) is 8.78 Å². The van der Waals surface area contributed by atoms with E-state index in [2.05, 4.69) is 11.4 Å². The fourth-order valence-electron chi connectivity index (χ4n) is 2.07. The average molecular weight is 232 g/mol. The van der Waals surface area contributed by atoms with Crippen LogP contribution in [0.2, 0.25) is 0 Å². The Kier molecular flexibility index (Phi) is 5.64. The molecule has 0 aromatic rings. The zero-order valence-corrected chi connectivity index (χ0v) is 9.20. The lowest BCUT2D eigenvalue weighted by Gasteiger charge is -2.22. The molecule has 2 N–H and O–H groups in total. The van der Waals surface area contributed by atoms with Crippen molar-refractivity contribution in [2.24, 2.45) is 5.92 Å². The molecule has 1 saturated carbocycles. The Bertz CT molecular complexity index is 243. The number of halogens is 2. The van der Waals surface area contributed by atoms with Gasteiger partial charge in [-0.05, 0) is 12.8 Å². The molecule has 0 bridgehead atoms. The summed E-state index contributed by atoms with van der Waals surface area (Å²) in [6.45, 7) is -0.138. The smallest absolute Gasteiger partial charge is 0.265 e. The van der Waals surface area contributed by atoms with Crippen LogP contribution in [0.15, 0.2) is 0 Å².